The number of fused-ring (bicyclic) bond motifs is 1. The molecule has 1 aromatic heterocycles. The summed E-state index contributed by atoms with van der Waals surface area (Å²) in [4.78, 5) is 0. The van der Waals surface area contributed by atoms with Crippen LogP contribution in [0.25, 0.3) is 10.9 Å². The molecule has 0 bridgehead atoms. The highest BCUT2D eigenvalue weighted by atomic mass is 16.5. The van der Waals surface area contributed by atoms with E-state index in [0.717, 1.165) is 25.1 Å². The third kappa shape index (κ3) is 2.84. The average Bonchev–Trinajstić information content (AvgIpc) is 2.78. The van der Waals surface area contributed by atoms with E-state index in [4.69, 9.17) is 10.00 Å². The molecular weight excluding hydrogens is 224 g/mol. The second-order valence-corrected chi connectivity index (χ2v) is 4.28. The second kappa shape index (κ2) is 6.11. The fourth-order valence-corrected chi connectivity index (χ4v) is 2.12. The molecule has 0 atom stereocenters. The Morgan fingerprint density at radius 3 is 2.94 bits per heavy atom. The molecule has 2 aromatic rings. The normalized spacial score (nSPS) is 10.4. The number of nitriles is 1. The fraction of sp³-hybridized carbons (Fsp3) is 0.400. The van der Waals surface area contributed by atoms with Gasteiger partial charge >= 0.3 is 0 Å². The van der Waals surface area contributed by atoms with Gasteiger partial charge < -0.3 is 9.30 Å². The number of hydrogen-bond acceptors (Lipinski definition) is 2. The van der Waals surface area contributed by atoms with Crippen LogP contribution in [0.1, 0.15) is 26.2 Å². The van der Waals surface area contributed by atoms with E-state index in [1.807, 2.05) is 13.0 Å². The van der Waals surface area contributed by atoms with Crippen molar-refractivity contribution in [3.05, 3.63) is 30.5 Å². The van der Waals surface area contributed by atoms with Crippen molar-refractivity contribution < 1.29 is 4.74 Å². The quantitative estimate of drug-likeness (QED) is 0.724. The minimum atomic E-state index is 0.647. The molecule has 0 radical (unpaired) electrons. The van der Waals surface area contributed by atoms with Gasteiger partial charge in [-0.25, -0.2) is 0 Å². The van der Waals surface area contributed by atoms with Gasteiger partial charge in [0.1, 0.15) is 5.75 Å². The first-order chi connectivity index (χ1) is 8.85. The summed E-state index contributed by atoms with van der Waals surface area (Å²) in [5, 5.41) is 9.72. The molecule has 0 amide bonds. The van der Waals surface area contributed by atoms with Crippen LogP contribution in [0.5, 0.6) is 5.75 Å². The van der Waals surface area contributed by atoms with Crippen LogP contribution >= 0.6 is 0 Å². The largest absolute Gasteiger partial charge is 0.494 e. The first kappa shape index (κ1) is 12.5. The van der Waals surface area contributed by atoms with Gasteiger partial charge in [0.2, 0.25) is 0 Å². The van der Waals surface area contributed by atoms with E-state index < -0.39 is 0 Å². The van der Waals surface area contributed by atoms with Crippen molar-refractivity contribution in [1.82, 2.24) is 4.57 Å². The maximum atomic E-state index is 8.51. The minimum Gasteiger partial charge on any atom is -0.494 e. The smallest absolute Gasteiger partial charge is 0.120 e. The summed E-state index contributed by atoms with van der Waals surface area (Å²) in [5.41, 5.74) is 1.23. The molecule has 0 N–H and O–H groups in total. The molecule has 18 heavy (non-hydrogen) atoms. The maximum absolute atomic E-state index is 8.51. The Kier molecular flexibility index (Phi) is 4.25. The van der Waals surface area contributed by atoms with E-state index >= 15 is 0 Å². The number of rotatable bonds is 6. The van der Waals surface area contributed by atoms with Crippen molar-refractivity contribution in [1.29, 1.82) is 5.26 Å². The number of benzene rings is 1. The molecule has 0 spiro atoms. The van der Waals surface area contributed by atoms with E-state index in [1.54, 1.807) is 0 Å². The molecule has 0 aliphatic carbocycles. The van der Waals surface area contributed by atoms with Crippen LogP contribution in [-0.2, 0) is 6.54 Å². The Hall–Kier alpha value is -1.95. The maximum Gasteiger partial charge on any atom is 0.120 e. The Balaban J connectivity index is 2.08. The topological polar surface area (TPSA) is 38.0 Å². The fourth-order valence-electron chi connectivity index (χ4n) is 2.12. The Bertz CT molecular complexity index is 551. The highest BCUT2D eigenvalue weighted by molar-refractivity contribution is 5.81. The first-order valence-corrected chi connectivity index (χ1v) is 6.44. The van der Waals surface area contributed by atoms with Gasteiger partial charge in [0, 0.05) is 30.1 Å². The van der Waals surface area contributed by atoms with E-state index in [1.165, 1.54) is 10.9 Å². The summed E-state index contributed by atoms with van der Waals surface area (Å²) in [6, 6.07) is 10.5. The molecule has 3 heteroatoms. The Morgan fingerprint density at radius 1 is 1.28 bits per heavy atom. The van der Waals surface area contributed by atoms with E-state index in [-0.39, 0.29) is 0 Å². The standard InChI is InChI=1S/C15H18N2O/c1-2-18-14-6-7-15-13(12-14)8-11-17(15)10-5-3-4-9-16/h6-8,11-12H,2-5,10H2,1H3. The van der Waals surface area contributed by atoms with E-state index in [9.17, 15) is 0 Å². The summed E-state index contributed by atoms with van der Waals surface area (Å²) in [7, 11) is 0. The van der Waals surface area contributed by atoms with Gasteiger partial charge in [-0.1, -0.05) is 0 Å². The van der Waals surface area contributed by atoms with Crippen LogP contribution in [0.15, 0.2) is 30.5 Å². The molecule has 94 valence electrons. The lowest BCUT2D eigenvalue weighted by Gasteiger charge is -2.06. The molecule has 0 unspecified atom stereocenters. The lowest BCUT2D eigenvalue weighted by Crippen LogP contribution is -1.96. The molecule has 1 aromatic carbocycles. The highest BCUT2D eigenvalue weighted by Gasteiger charge is 2.02. The predicted octanol–water partition coefficient (Wildman–Crippen LogP) is 3.73. The van der Waals surface area contributed by atoms with Crippen LogP contribution in [0.3, 0.4) is 0 Å². The molecule has 0 fully saturated rings. The zero-order valence-corrected chi connectivity index (χ0v) is 10.7. The number of aromatic nitrogens is 1. The third-order valence-electron chi connectivity index (χ3n) is 2.99. The van der Waals surface area contributed by atoms with Gasteiger partial charge in [0.25, 0.3) is 0 Å². The number of aryl methyl sites for hydroxylation is 1. The summed E-state index contributed by atoms with van der Waals surface area (Å²) < 4.78 is 7.73. The Labute approximate surface area is 108 Å². The van der Waals surface area contributed by atoms with Crippen LogP contribution in [0.4, 0.5) is 0 Å². The van der Waals surface area contributed by atoms with E-state index in [0.29, 0.717) is 13.0 Å². The lowest BCUT2D eigenvalue weighted by molar-refractivity contribution is 0.340. The summed E-state index contributed by atoms with van der Waals surface area (Å²) in [5.74, 6) is 0.923. The van der Waals surface area contributed by atoms with Crippen LogP contribution in [-0.4, -0.2) is 11.2 Å². The molecule has 0 aliphatic heterocycles. The van der Waals surface area contributed by atoms with Crippen molar-refractivity contribution in [3.8, 4) is 11.8 Å². The molecule has 1 heterocycles. The summed E-state index contributed by atoms with van der Waals surface area (Å²) in [6.45, 7) is 3.66. The van der Waals surface area contributed by atoms with Crippen LogP contribution in [0, 0.1) is 11.3 Å². The van der Waals surface area contributed by atoms with Crippen molar-refractivity contribution >= 4 is 10.9 Å². The zero-order chi connectivity index (χ0) is 12.8. The summed E-state index contributed by atoms with van der Waals surface area (Å²) in [6.07, 6.45) is 4.76. The molecule has 3 nitrogen and oxygen atoms in total. The zero-order valence-electron chi connectivity index (χ0n) is 10.7. The Morgan fingerprint density at radius 2 is 2.17 bits per heavy atom. The van der Waals surface area contributed by atoms with Crippen molar-refractivity contribution in [3.63, 3.8) is 0 Å². The third-order valence-corrected chi connectivity index (χ3v) is 2.99. The average molecular weight is 242 g/mol. The predicted molar refractivity (Wildman–Crippen MR) is 72.6 cm³/mol. The second-order valence-electron chi connectivity index (χ2n) is 4.28. The first-order valence-electron chi connectivity index (χ1n) is 6.44. The molecule has 0 aliphatic rings. The summed E-state index contributed by atoms with van der Waals surface area (Å²) >= 11 is 0. The number of nitrogens with zero attached hydrogens (tertiary/aromatic N) is 2. The number of hydrogen-bond donors (Lipinski definition) is 0. The monoisotopic (exact) mass is 242 g/mol. The van der Waals surface area contributed by atoms with Crippen molar-refractivity contribution in [2.24, 2.45) is 0 Å². The number of ether oxygens (including phenoxy) is 1. The van der Waals surface area contributed by atoms with Crippen LogP contribution in [0.2, 0.25) is 0 Å². The van der Waals surface area contributed by atoms with Crippen LogP contribution < -0.4 is 4.74 Å². The molecular formula is C15H18N2O. The van der Waals surface area contributed by atoms with Gasteiger partial charge in [-0.3, -0.25) is 0 Å². The van der Waals surface area contributed by atoms with Crippen molar-refractivity contribution in [2.45, 2.75) is 32.7 Å². The van der Waals surface area contributed by atoms with E-state index in [2.05, 4.69) is 35.0 Å². The SMILES string of the molecule is CCOc1ccc2c(ccn2CCCCC#N)c1. The number of unbranched alkanes of at least 4 members (excludes halogenated alkanes) is 2. The molecule has 2 rings (SSSR count). The van der Waals surface area contributed by atoms with Gasteiger partial charge in [-0.2, -0.15) is 5.26 Å². The van der Waals surface area contributed by atoms with Crippen molar-refractivity contribution in [2.75, 3.05) is 6.61 Å². The molecule has 0 saturated heterocycles. The molecule has 0 saturated carbocycles. The van der Waals surface area contributed by atoms with Gasteiger partial charge in [-0.15, -0.1) is 0 Å². The van der Waals surface area contributed by atoms with Gasteiger partial charge in [0.05, 0.1) is 12.7 Å². The van der Waals surface area contributed by atoms with Gasteiger partial charge in [0.15, 0.2) is 0 Å². The van der Waals surface area contributed by atoms with Gasteiger partial charge in [-0.05, 0) is 44.0 Å². The lowest BCUT2D eigenvalue weighted by atomic mass is 10.2. The minimum absolute atomic E-state index is 0.647. The highest BCUT2D eigenvalue weighted by Crippen LogP contribution is 2.22.